The number of hydrogen-bond acceptors (Lipinski definition) is 4. The number of allylic oxidation sites excluding steroid dienone is 2. The zero-order chi connectivity index (χ0) is 39.4. The topological polar surface area (TPSA) is 92.7 Å². The van der Waals surface area contributed by atoms with E-state index in [2.05, 4.69) is 31.3 Å². The molecule has 2 N–H and O–H groups in total. The van der Waals surface area contributed by atoms with E-state index in [9.17, 15) is 14.4 Å². The first-order valence-corrected chi connectivity index (χ1v) is 23.8. The van der Waals surface area contributed by atoms with Gasteiger partial charge in [0.25, 0.3) is 0 Å². The SMILES string of the molecule is CCCCCCCC/C=C\CCCCCCCCCCCC(=O)OC(CCCCCCCCCCCCCCC)CCCCCCCC(=O)NCC(=O)O. The van der Waals surface area contributed by atoms with Gasteiger partial charge in [0.2, 0.25) is 5.91 Å². The standard InChI is InChI=1S/C48H91NO5/c1-3-5-7-9-11-13-15-17-18-19-20-21-22-24-26-28-30-35-39-43-48(53)54-45(41-37-33-31-34-38-42-46(50)49-44-47(51)52)40-36-32-29-27-25-23-16-14-12-10-8-6-4-2/h17-18,45H,3-16,19-44H2,1-2H3,(H,49,50)(H,51,52)/b18-17-. The molecule has 1 atom stereocenters. The van der Waals surface area contributed by atoms with E-state index in [0.717, 1.165) is 64.2 Å². The predicted molar refractivity (Wildman–Crippen MR) is 231 cm³/mol. The number of esters is 1. The number of hydrogen-bond donors (Lipinski definition) is 2. The molecule has 6 heteroatoms. The maximum atomic E-state index is 12.8. The monoisotopic (exact) mass is 762 g/mol. The van der Waals surface area contributed by atoms with E-state index < -0.39 is 5.97 Å². The quantitative estimate of drug-likeness (QED) is 0.0366. The highest BCUT2D eigenvalue weighted by Gasteiger charge is 2.14. The van der Waals surface area contributed by atoms with Gasteiger partial charge in [-0.3, -0.25) is 14.4 Å². The Kier molecular flexibility index (Phi) is 42.4. The Hall–Kier alpha value is -1.85. The van der Waals surface area contributed by atoms with Gasteiger partial charge in [-0.05, 0) is 64.2 Å². The highest BCUT2D eigenvalue weighted by Crippen LogP contribution is 2.19. The minimum absolute atomic E-state index is 0.0110. The average molecular weight is 762 g/mol. The normalized spacial score (nSPS) is 12.0. The minimum Gasteiger partial charge on any atom is -0.480 e. The second-order valence-corrected chi connectivity index (χ2v) is 16.4. The fourth-order valence-corrected chi connectivity index (χ4v) is 7.39. The number of rotatable bonds is 44. The van der Waals surface area contributed by atoms with Gasteiger partial charge in [-0.1, -0.05) is 199 Å². The molecule has 0 aliphatic rings. The maximum Gasteiger partial charge on any atom is 0.322 e. The Morgan fingerprint density at radius 1 is 0.463 bits per heavy atom. The predicted octanol–water partition coefficient (Wildman–Crippen LogP) is 14.9. The van der Waals surface area contributed by atoms with E-state index in [0.29, 0.717) is 12.8 Å². The van der Waals surface area contributed by atoms with Gasteiger partial charge in [-0.15, -0.1) is 0 Å². The summed E-state index contributed by atoms with van der Waals surface area (Å²) in [7, 11) is 0. The summed E-state index contributed by atoms with van der Waals surface area (Å²) >= 11 is 0. The Morgan fingerprint density at radius 2 is 0.796 bits per heavy atom. The summed E-state index contributed by atoms with van der Waals surface area (Å²) in [5.74, 6) is -1.21. The molecule has 0 saturated heterocycles. The van der Waals surface area contributed by atoms with Crippen molar-refractivity contribution in [3.8, 4) is 0 Å². The number of unbranched alkanes of at least 4 members (excludes halogenated alkanes) is 31. The van der Waals surface area contributed by atoms with E-state index in [1.165, 1.54) is 173 Å². The lowest BCUT2D eigenvalue weighted by atomic mass is 10.0. The van der Waals surface area contributed by atoms with Gasteiger partial charge in [0.05, 0.1) is 0 Å². The largest absolute Gasteiger partial charge is 0.480 e. The third kappa shape index (κ3) is 42.9. The number of carbonyl (C=O) groups is 3. The van der Waals surface area contributed by atoms with E-state index in [1.807, 2.05) is 0 Å². The van der Waals surface area contributed by atoms with Crippen molar-refractivity contribution in [2.24, 2.45) is 0 Å². The molecule has 54 heavy (non-hydrogen) atoms. The van der Waals surface area contributed by atoms with Crippen molar-refractivity contribution in [3.63, 3.8) is 0 Å². The van der Waals surface area contributed by atoms with Crippen LogP contribution in [0.5, 0.6) is 0 Å². The number of aliphatic carboxylic acids is 1. The van der Waals surface area contributed by atoms with E-state index >= 15 is 0 Å². The van der Waals surface area contributed by atoms with Crippen LogP contribution in [0.3, 0.4) is 0 Å². The van der Waals surface area contributed by atoms with Crippen molar-refractivity contribution in [2.45, 2.75) is 270 Å². The summed E-state index contributed by atoms with van der Waals surface area (Å²) in [5, 5.41) is 11.1. The molecule has 0 spiro atoms. The molecule has 0 bridgehead atoms. The van der Waals surface area contributed by atoms with Crippen LogP contribution in [0.25, 0.3) is 0 Å². The van der Waals surface area contributed by atoms with Gasteiger partial charge in [0.1, 0.15) is 12.6 Å². The molecular formula is C48H91NO5. The highest BCUT2D eigenvalue weighted by molar-refractivity contribution is 5.80. The van der Waals surface area contributed by atoms with Crippen LogP contribution in [0.4, 0.5) is 0 Å². The van der Waals surface area contributed by atoms with Crippen molar-refractivity contribution < 1.29 is 24.2 Å². The Labute approximate surface area is 335 Å². The number of carboxylic acid groups (broad SMARTS) is 1. The van der Waals surface area contributed by atoms with Crippen LogP contribution < -0.4 is 5.32 Å². The molecule has 0 aromatic rings. The van der Waals surface area contributed by atoms with Crippen molar-refractivity contribution >= 4 is 17.8 Å². The number of amides is 1. The number of ether oxygens (including phenoxy) is 1. The molecule has 6 nitrogen and oxygen atoms in total. The van der Waals surface area contributed by atoms with Gasteiger partial charge >= 0.3 is 11.9 Å². The van der Waals surface area contributed by atoms with Crippen molar-refractivity contribution in [1.29, 1.82) is 0 Å². The van der Waals surface area contributed by atoms with E-state index in [-0.39, 0.29) is 24.5 Å². The van der Waals surface area contributed by atoms with Gasteiger partial charge in [-0.25, -0.2) is 0 Å². The van der Waals surface area contributed by atoms with Gasteiger partial charge in [-0.2, -0.15) is 0 Å². The molecular weight excluding hydrogens is 671 g/mol. The first-order valence-electron chi connectivity index (χ1n) is 23.8. The number of carbonyl (C=O) groups excluding carboxylic acids is 2. The van der Waals surface area contributed by atoms with Crippen LogP contribution in [0.15, 0.2) is 12.2 Å². The zero-order valence-corrected chi connectivity index (χ0v) is 36.1. The minimum atomic E-state index is -1.01. The molecule has 1 unspecified atom stereocenters. The molecule has 0 rings (SSSR count). The van der Waals surface area contributed by atoms with E-state index in [1.54, 1.807) is 0 Å². The fraction of sp³-hybridized carbons (Fsp3) is 0.896. The summed E-state index contributed by atoms with van der Waals surface area (Å²) in [6.45, 7) is 4.25. The molecule has 0 aliphatic heterocycles. The summed E-state index contributed by atoms with van der Waals surface area (Å²) in [4.78, 5) is 35.1. The molecule has 1 amide bonds. The van der Waals surface area contributed by atoms with Crippen LogP contribution in [0.2, 0.25) is 0 Å². The Morgan fingerprint density at radius 3 is 1.19 bits per heavy atom. The van der Waals surface area contributed by atoms with Crippen LogP contribution >= 0.6 is 0 Å². The van der Waals surface area contributed by atoms with Crippen LogP contribution in [-0.4, -0.2) is 35.6 Å². The molecule has 0 fully saturated rings. The number of nitrogens with one attached hydrogen (secondary N) is 1. The highest BCUT2D eigenvalue weighted by atomic mass is 16.5. The third-order valence-electron chi connectivity index (χ3n) is 10.9. The Bertz CT molecular complexity index is 843. The van der Waals surface area contributed by atoms with Crippen molar-refractivity contribution in [1.82, 2.24) is 5.32 Å². The molecule has 0 saturated carbocycles. The zero-order valence-electron chi connectivity index (χ0n) is 36.1. The Balaban J connectivity index is 4.08. The lowest BCUT2D eigenvalue weighted by Crippen LogP contribution is -2.28. The van der Waals surface area contributed by atoms with Crippen LogP contribution in [-0.2, 0) is 19.1 Å². The maximum absolute atomic E-state index is 12.8. The van der Waals surface area contributed by atoms with Crippen LogP contribution in [0, 0.1) is 0 Å². The van der Waals surface area contributed by atoms with Gasteiger partial charge in [0.15, 0.2) is 0 Å². The smallest absolute Gasteiger partial charge is 0.322 e. The fourth-order valence-electron chi connectivity index (χ4n) is 7.39. The second kappa shape index (κ2) is 43.9. The summed E-state index contributed by atoms with van der Waals surface area (Å²) in [6.07, 6.45) is 52.0. The lowest BCUT2D eigenvalue weighted by molar-refractivity contribution is -0.150. The number of carboxylic acids is 1. The van der Waals surface area contributed by atoms with Crippen molar-refractivity contribution in [2.75, 3.05) is 6.54 Å². The summed E-state index contributed by atoms with van der Waals surface area (Å²) in [6, 6.07) is 0. The van der Waals surface area contributed by atoms with E-state index in [4.69, 9.17) is 9.84 Å². The summed E-state index contributed by atoms with van der Waals surface area (Å²) < 4.78 is 6.06. The first kappa shape index (κ1) is 52.2. The molecule has 0 aromatic heterocycles. The first-order chi connectivity index (χ1) is 26.5. The van der Waals surface area contributed by atoms with Gasteiger partial charge < -0.3 is 15.2 Å². The second-order valence-electron chi connectivity index (χ2n) is 16.4. The molecule has 318 valence electrons. The molecule has 0 radical (unpaired) electrons. The molecule has 0 aliphatic carbocycles. The lowest BCUT2D eigenvalue weighted by Gasteiger charge is -2.18. The van der Waals surface area contributed by atoms with Crippen molar-refractivity contribution in [3.05, 3.63) is 12.2 Å². The third-order valence-corrected chi connectivity index (χ3v) is 10.9. The molecule has 0 heterocycles. The van der Waals surface area contributed by atoms with Gasteiger partial charge in [0, 0.05) is 12.8 Å². The van der Waals surface area contributed by atoms with Crippen LogP contribution in [0.1, 0.15) is 264 Å². The summed E-state index contributed by atoms with van der Waals surface area (Å²) in [5.41, 5.74) is 0. The molecule has 0 aromatic carbocycles. The average Bonchev–Trinajstić information content (AvgIpc) is 3.16.